The van der Waals surface area contributed by atoms with Gasteiger partial charge in [-0.1, -0.05) is 53.3 Å². The molecule has 0 bridgehead atoms. The second-order valence-electron chi connectivity index (χ2n) is 5.85. The zero-order valence-corrected chi connectivity index (χ0v) is 15.5. The van der Waals surface area contributed by atoms with Gasteiger partial charge < -0.3 is 4.98 Å². The van der Waals surface area contributed by atoms with E-state index in [9.17, 15) is 9.59 Å². The summed E-state index contributed by atoms with van der Waals surface area (Å²) < 4.78 is 0. The minimum Gasteiger partial charge on any atom is -0.322 e. The molecule has 0 spiro atoms. The highest BCUT2D eigenvalue weighted by atomic mass is 35.5. The number of aromatic nitrogens is 3. The van der Waals surface area contributed by atoms with Crippen LogP contribution in [0, 0.1) is 0 Å². The Kier molecular flexibility index (Phi) is 4.70. The van der Waals surface area contributed by atoms with E-state index in [4.69, 9.17) is 11.6 Å². The second kappa shape index (κ2) is 7.30. The molecule has 0 unspecified atom stereocenters. The van der Waals surface area contributed by atoms with Crippen molar-refractivity contribution in [2.24, 2.45) is 0 Å². The van der Waals surface area contributed by atoms with Crippen molar-refractivity contribution in [3.8, 4) is 0 Å². The fraction of sp³-hybridized carbons (Fsp3) is 0.0526. The summed E-state index contributed by atoms with van der Waals surface area (Å²) in [6.07, 6.45) is 0.596. The number of para-hydroxylation sites is 1. The summed E-state index contributed by atoms with van der Waals surface area (Å²) >= 11 is 7.18. The van der Waals surface area contributed by atoms with Crippen LogP contribution in [0.3, 0.4) is 0 Å². The SMILES string of the molecule is O=C(Nc1nnc(Cc2ccc(Cl)cc2)s1)c1cc(=O)[nH]c2ccccc12. The Morgan fingerprint density at radius 1 is 1.11 bits per heavy atom. The van der Waals surface area contributed by atoms with Gasteiger partial charge in [0.1, 0.15) is 5.01 Å². The highest BCUT2D eigenvalue weighted by molar-refractivity contribution is 7.15. The summed E-state index contributed by atoms with van der Waals surface area (Å²) in [4.78, 5) is 27.2. The average Bonchev–Trinajstić information content (AvgIpc) is 3.09. The van der Waals surface area contributed by atoms with Crippen molar-refractivity contribution >= 4 is 44.9 Å². The van der Waals surface area contributed by atoms with Crippen LogP contribution in [0.5, 0.6) is 0 Å². The molecule has 2 aromatic heterocycles. The lowest BCUT2D eigenvalue weighted by atomic mass is 10.1. The minimum atomic E-state index is -0.397. The lowest BCUT2D eigenvalue weighted by Crippen LogP contribution is -2.16. The molecule has 1 amide bonds. The monoisotopic (exact) mass is 396 g/mol. The number of anilines is 1. The molecule has 6 nitrogen and oxygen atoms in total. The first-order valence-corrected chi connectivity index (χ1v) is 9.28. The van der Waals surface area contributed by atoms with Crippen molar-refractivity contribution in [3.05, 3.63) is 86.1 Å². The van der Waals surface area contributed by atoms with Crippen molar-refractivity contribution in [2.45, 2.75) is 6.42 Å². The van der Waals surface area contributed by atoms with E-state index >= 15 is 0 Å². The van der Waals surface area contributed by atoms with Crippen LogP contribution in [0.1, 0.15) is 20.9 Å². The fourth-order valence-corrected chi connectivity index (χ4v) is 3.60. The number of hydrogen-bond acceptors (Lipinski definition) is 5. The molecule has 0 radical (unpaired) electrons. The molecule has 2 N–H and O–H groups in total. The third-order valence-corrected chi connectivity index (χ3v) is 5.04. The second-order valence-corrected chi connectivity index (χ2v) is 7.35. The maximum absolute atomic E-state index is 12.6. The third kappa shape index (κ3) is 3.89. The van der Waals surface area contributed by atoms with Gasteiger partial charge in [-0.25, -0.2) is 0 Å². The van der Waals surface area contributed by atoms with Crippen LogP contribution in [0.2, 0.25) is 5.02 Å². The first-order chi connectivity index (χ1) is 13.1. The van der Waals surface area contributed by atoms with Gasteiger partial charge in [0, 0.05) is 28.4 Å². The molecule has 4 aromatic rings. The number of benzene rings is 2. The van der Waals surface area contributed by atoms with Gasteiger partial charge in [-0.2, -0.15) is 0 Å². The van der Waals surface area contributed by atoms with E-state index < -0.39 is 5.91 Å². The van der Waals surface area contributed by atoms with Gasteiger partial charge in [-0.3, -0.25) is 14.9 Å². The van der Waals surface area contributed by atoms with Crippen molar-refractivity contribution < 1.29 is 4.79 Å². The van der Waals surface area contributed by atoms with Crippen LogP contribution >= 0.6 is 22.9 Å². The predicted octanol–water partition coefficient (Wildman–Crippen LogP) is 3.88. The molecule has 8 heteroatoms. The lowest BCUT2D eigenvalue weighted by Gasteiger charge is -2.05. The molecule has 0 aliphatic heterocycles. The number of carbonyl (C=O) groups excluding carboxylic acids is 1. The van der Waals surface area contributed by atoms with Crippen LogP contribution in [-0.4, -0.2) is 21.1 Å². The summed E-state index contributed by atoms with van der Waals surface area (Å²) in [5.41, 5.74) is 1.62. The largest absolute Gasteiger partial charge is 0.322 e. The van der Waals surface area contributed by atoms with E-state index in [1.54, 1.807) is 18.2 Å². The van der Waals surface area contributed by atoms with Crippen LogP contribution in [0.4, 0.5) is 5.13 Å². The van der Waals surface area contributed by atoms with Crippen molar-refractivity contribution in [2.75, 3.05) is 5.32 Å². The molecule has 0 saturated carbocycles. The first-order valence-electron chi connectivity index (χ1n) is 8.09. The highest BCUT2D eigenvalue weighted by Gasteiger charge is 2.14. The maximum Gasteiger partial charge on any atom is 0.258 e. The molecule has 0 saturated heterocycles. The number of fused-ring (bicyclic) bond motifs is 1. The Balaban J connectivity index is 1.55. The van der Waals surface area contributed by atoms with Gasteiger partial charge >= 0.3 is 0 Å². The van der Waals surface area contributed by atoms with Crippen LogP contribution < -0.4 is 10.9 Å². The topological polar surface area (TPSA) is 87.7 Å². The van der Waals surface area contributed by atoms with Gasteiger partial charge in [0.15, 0.2) is 0 Å². The third-order valence-electron chi connectivity index (χ3n) is 3.95. The van der Waals surface area contributed by atoms with Crippen LogP contribution in [0.25, 0.3) is 10.9 Å². The molecular weight excluding hydrogens is 384 g/mol. The number of pyridine rings is 1. The molecule has 0 fully saturated rings. The zero-order valence-electron chi connectivity index (χ0n) is 13.9. The van der Waals surface area contributed by atoms with Gasteiger partial charge in [-0.05, 0) is 23.8 Å². The average molecular weight is 397 g/mol. The zero-order chi connectivity index (χ0) is 18.8. The summed E-state index contributed by atoms with van der Waals surface area (Å²) in [5, 5.41) is 13.4. The van der Waals surface area contributed by atoms with Gasteiger partial charge in [0.2, 0.25) is 10.7 Å². The Hall–Kier alpha value is -3.03. The molecule has 134 valence electrons. The number of H-pyrrole nitrogens is 1. The van der Waals surface area contributed by atoms with Gasteiger partial charge in [0.05, 0.1) is 5.56 Å². The number of nitrogens with one attached hydrogen (secondary N) is 2. The molecule has 0 aliphatic carbocycles. The molecule has 0 atom stereocenters. The summed E-state index contributed by atoms with van der Waals surface area (Å²) in [7, 11) is 0. The summed E-state index contributed by atoms with van der Waals surface area (Å²) in [6, 6.07) is 15.9. The molecular formula is C19H13ClN4O2S. The van der Waals surface area contributed by atoms with E-state index in [1.807, 2.05) is 30.3 Å². The van der Waals surface area contributed by atoms with Gasteiger partial charge in [0.25, 0.3) is 5.91 Å². The number of carbonyl (C=O) groups is 1. The molecule has 2 heterocycles. The van der Waals surface area contributed by atoms with Crippen LogP contribution in [0.15, 0.2) is 59.4 Å². The number of rotatable bonds is 4. The van der Waals surface area contributed by atoms with E-state index in [0.29, 0.717) is 33.0 Å². The molecule has 27 heavy (non-hydrogen) atoms. The Morgan fingerprint density at radius 2 is 1.89 bits per heavy atom. The Labute approximate surface area is 162 Å². The molecule has 2 aromatic carbocycles. The number of hydrogen-bond donors (Lipinski definition) is 2. The van der Waals surface area contributed by atoms with E-state index in [-0.39, 0.29) is 5.56 Å². The number of halogens is 1. The molecule has 0 aliphatic rings. The smallest absolute Gasteiger partial charge is 0.258 e. The van der Waals surface area contributed by atoms with E-state index in [1.165, 1.54) is 17.4 Å². The van der Waals surface area contributed by atoms with Gasteiger partial charge in [-0.15, -0.1) is 10.2 Å². The van der Waals surface area contributed by atoms with Crippen molar-refractivity contribution in [1.82, 2.24) is 15.2 Å². The lowest BCUT2D eigenvalue weighted by molar-refractivity contribution is 0.102. The quantitative estimate of drug-likeness (QED) is 0.548. The molecule has 4 rings (SSSR count). The summed E-state index contributed by atoms with van der Waals surface area (Å²) in [5.74, 6) is -0.397. The fourth-order valence-electron chi connectivity index (χ4n) is 2.71. The number of amides is 1. The van der Waals surface area contributed by atoms with E-state index in [0.717, 1.165) is 10.6 Å². The Morgan fingerprint density at radius 3 is 2.70 bits per heavy atom. The van der Waals surface area contributed by atoms with Crippen molar-refractivity contribution in [3.63, 3.8) is 0 Å². The number of aromatic amines is 1. The maximum atomic E-state index is 12.6. The predicted molar refractivity (Wildman–Crippen MR) is 107 cm³/mol. The normalized spacial score (nSPS) is 10.9. The first kappa shape index (κ1) is 17.4. The summed E-state index contributed by atoms with van der Waals surface area (Å²) in [6.45, 7) is 0. The van der Waals surface area contributed by atoms with Crippen LogP contribution in [-0.2, 0) is 6.42 Å². The Bertz CT molecular complexity index is 1180. The van der Waals surface area contributed by atoms with E-state index in [2.05, 4.69) is 20.5 Å². The minimum absolute atomic E-state index is 0.295. The number of nitrogens with zero attached hydrogens (tertiary/aromatic N) is 2. The van der Waals surface area contributed by atoms with Crippen molar-refractivity contribution in [1.29, 1.82) is 0 Å². The highest BCUT2D eigenvalue weighted by Crippen LogP contribution is 2.21. The standard InChI is InChI=1S/C19H13ClN4O2S/c20-12-7-5-11(6-8-12)9-17-23-24-19(27-17)22-18(26)14-10-16(25)21-15-4-2-1-3-13(14)15/h1-8,10H,9H2,(H,21,25)(H,22,24,26).